The first-order valence-electron chi connectivity index (χ1n) is 17.6. The van der Waals surface area contributed by atoms with Crippen LogP contribution in [0.1, 0.15) is 96.2 Å². The topological polar surface area (TPSA) is 174 Å². The Kier molecular flexibility index (Phi) is 8.26. The third-order valence-electron chi connectivity index (χ3n) is 10.9. The lowest BCUT2D eigenvalue weighted by Gasteiger charge is -2.33. The Bertz CT molecular complexity index is 2150. The van der Waals surface area contributed by atoms with Crippen LogP contribution in [0.15, 0.2) is 59.4 Å². The Labute approximate surface area is 295 Å². The van der Waals surface area contributed by atoms with E-state index in [1.807, 2.05) is 37.3 Å². The number of nitriles is 1. The third-order valence-corrected chi connectivity index (χ3v) is 10.9. The van der Waals surface area contributed by atoms with Gasteiger partial charge in [0.25, 0.3) is 5.91 Å². The number of hydrogen-bond acceptors (Lipinski definition) is 11. The number of ether oxygens (including phenoxy) is 1. The second-order valence-corrected chi connectivity index (χ2v) is 13.9. The Hall–Kier alpha value is -5.61. The lowest BCUT2D eigenvalue weighted by atomic mass is 9.68. The number of likely N-dealkylation sites (N-methyl/N-ethyl adjacent to an activating group) is 1. The summed E-state index contributed by atoms with van der Waals surface area (Å²) in [5, 5.41) is 22.3. The summed E-state index contributed by atoms with van der Waals surface area (Å²) in [4.78, 5) is 29.7. The van der Waals surface area contributed by atoms with Gasteiger partial charge in [0, 0.05) is 35.8 Å². The van der Waals surface area contributed by atoms with Crippen LogP contribution in [0, 0.1) is 11.3 Å². The number of carbonyl (C=O) groups is 1. The molecule has 13 heteroatoms. The Morgan fingerprint density at radius 2 is 2.04 bits per heavy atom. The van der Waals surface area contributed by atoms with Crippen LogP contribution in [0.3, 0.4) is 0 Å². The van der Waals surface area contributed by atoms with E-state index < -0.39 is 5.41 Å². The van der Waals surface area contributed by atoms with E-state index in [9.17, 15) is 10.1 Å². The van der Waals surface area contributed by atoms with E-state index in [0.717, 1.165) is 79.6 Å². The van der Waals surface area contributed by atoms with Crippen molar-refractivity contribution in [2.24, 2.45) is 0 Å². The predicted octanol–water partition coefficient (Wildman–Crippen LogP) is 5.09. The number of aryl methyl sites for hydroxylation is 1. The first kappa shape index (κ1) is 32.6. The largest absolute Gasteiger partial charge is 0.473 e. The van der Waals surface area contributed by atoms with E-state index in [-0.39, 0.29) is 29.8 Å². The zero-order chi connectivity index (χ0) is 35.3. The highest BCUT2D eigenvalue weighted by atomic mass is 16.5. The van der Waals surface area contributed by atoms with Crippen molar-refractivity contribution in [2.45, 2.75) is 82.4 Å². The summed E-state index contributed by atoms with van der Waals surface area (Å²) >= 11 is 0. The highest BCUT2D eigenvalue weighted by molar-refractivity contribution is 5.92. The minimum atomic E-state index is -0.496. The van der Waals surface area contributed by atoms with Gasteiger partial charge in [0.15, 0.2) is 28.8 Å². The molecule has 2 aliphatic carbocycles. The molecule has 1 fully saturated rings. The molecule has 51 heavy (non-hydrogen) atoms. The van der Waals surface area contributed by atoms with E-state index in [4.69, 9.17) is 25.0 Å². The van der Waals surface area contributed by atoms with Crippen molar-refractivity contribution in [1.29, 1.82) is 5.26 Å². The number of rotatable bonds is 8. The summed E-state index contributed by atoms with van der Waals surface area (Å²) in [5.74, 6) is 1.56. The van der Waals surface area contributed by atoms with Crippen molar-refractivity contribution in [3.8, 4) is 29.3 Å². The van der Waals surface area contributed by atoms with E-state index in [0.29, 0.717) is 34.5 Å². The van der Waals surface area contributed by atoms with Crippen LogP contribution in [-0.4, -0.2) is 66.4 Å². The van der Waals surface area contributed by atoms with Gasteiger partial charge in [-0.25, -0.2) is 9.67 Å². The number of likely N-dealkylation sites (tertiary alicyclic amines) is 1. The molecule has 0 radical (unpaired) electrons. The average Bonchev–Trinajstić information content (AvgIpc) is 3.96. The van der Waals surface area contributed by atoms with Crippen molar-refractivity contribution >= 4 is 11.6 Å². The van der Waals surface area contributed by atoms with Crippen molar-refractivity contribution in [3.05, 3.63) is 94.3 Å². The molecule has 1 amide bonds. The maximum atomic E-state index is 13.2. The van der Waals surface area contributed by atoms with Gasteiger partial charge in [-0.15, -0.1) is 0 Å². The van der Waals surface area contributed by atoms with Crippen LogP contribution < -0.4 is 15.8 Å². The van der Waals surface area contributed by atoms with Gasteiger partial charge in [-0.05, 0) is 108 Å². The predicted molar refractivity (Wildman–Crippen MR) is 188 cm³/mol. The number of nitrogens with two attached hydrogens (primary N) is 1. The fourth-order valence-electron chi connectivity index (χ4n) is 8.30. The molecular formula is C38H40N10O3. The minimum absolute atomic E-state index is 0.139. The summed E-state index contributed by atoms with van der Waals surface area (Å²) in [6.07, 6.45) is 9.47. The molecule has 1 aromatic carbocycles. The number of benzene rings is 1. The number of nitrogens with one attached hydrogen (secondary N) is 1. The molecule has 5 heterocycles. The maximum absolute atomic E-state index is 13.2. The number of fused-ring (bicyclic) bond motifs is 4. The van der Waals surface area contributed by atoms with Gasteiger partial charge < -0.3 is 20.3 Å². The fraction of sp³-hybridized carbons (Fsp3) is 0.395. The quantitative estimate of drug-likeness (QED) is 0.209. The van der Waals surface area contributed by atoms with Gasteiger partial charge in [-0.3, -0.25) is 14.7 Å². The maximum Gasteiger partial charge on any atom is 0.272 e. The summed E-state index contributed by atoms with van der Waals surface area (Å²) < 4.78 is 14.3. The molecule has 5 aromatic rings. The molecule has 3 aliphatic rings. The van der Waals surface area contributed by atoms with Crippen LogP contribution in [0.4, 0.5) is 5.69 Å². The second-order valence-electron chi connectivity index (χ2n) is 13.9. The van der Waals surface area contributed by atoms with Gasteiger partial charge in [0.1, 0.15) is 12.2 Å². The van der Waals surface area contributed by atoms with E-state index in [1.54, 1.807) is 29.2 Å². The molecule has 4 aromatic heterocycles. The number of amides is 1. The molecule has 1 spiro atoms. The molecule has 1 saturated heterocycles. The highest BCUT2D eigenvalue weighted by Crippen LogP contribution is 2.54. The van der Waals surface area contributed by atoms with Crippen molar-refractivity contribution in [1.82, 2.24) is 40.1 Å². The summed E-state index contributed by atoms with van der Waals surface area (Å²) in [6, 6.07) is 15.1. The molecule has 3 N–H and O–H groups in total. The van der Waals surface area contributed by atoms with Crippen LogP contribution in [0.5, 0.6) is 5.88 Å². The minimum Gasteiger partial charge on any atom is -0.473 e. The van der Waals surface area contributed by atoms with Gasteiger partial charge >= 0.3 is 0 Å². The smallest absolute Gasteiger partial charge is 0.272 e. The Balaban J connectivity index is 1.17. The zero-order valence-corrected chi connectivity index (χ0v) is 29.0. The monoisotopic (exact) mass is 684 g/mol. The Morgan fingerprint density at radius 3 is 2.82 bits per heavy atom. The summed E-state index contributed by atoms with van der Waals surface area (Å²) in [6.45, 7) is 4.96. The number of aromatic nitrogens is 6. The van der Waals surface area contributed by atoms with E-state index >= 15 is 0 Å². The van der Waals surface area contributed by atoms with E-state index in [1.165, 1.54) is 0 Å². The molecule has 0 bridgehead atoms. The van der Waals surface area contributed by atoms with Gasteiger partial charge in [-0.1, -0.05) is 17.3 Å². The average molecular weight is 685 g/mol. The summed E-state index contributed by atoms with van der Waals surface area (Å²) in [5.41, 5.74) is 11.3. The first-order valence-corrected chi connectivity index (χ1v) is 17.6. The number of nitrogen functional groups attached to an aromatic ring is 1. The molecule has 1 aliphatic heterocycles. The molecule has 260 valence electrons. The molecular weight excluding hydrogens is 644 g/mol. The number of pyridine rings is 1. The highest BCUT2D eigenvalue weighted by Gasteiger charge is 2.49. The molecule has 4 unspecified atom stereocenters. The van der Waals surface area contributed by atoms with Crippen LogP contribution in [0.25, 0.3) is 17.3 Å². The Morgan fingerprint density at radius 1 is 1.16 bits per heavy atom. The molecule has 4 atom stereocenters. The van der Waals surface area contributed by atoms with Crippen LogP contribution in [0.2, 0.25) is 0 Å². The number of hydrogen-bond donors (Lipinski definition) is 2. The van der Waals surface area contributed by atoms with Crippen molar-refractivity contribution < 1.29 is 14.1 Å². The standard InChI is InChI=1S/C38H40N10O3/c1-22(28-9-4-5-17-41-28)42-37(49)29-14-19-48(45-29)31-20-32(50-23(2)30-10-7-18-47(30)3)44-36(43-31)34-25-8-6-15-38(35(25)51-46-34)16-13-24-11-12-27(40)26(21-39)33(24)38/h4-5,9,11-12,14,17,19-20,22-23,30H,6-8,10,13,15-16,18,40H2,1-3H3,(H,42,49). The lowest BCUT2D eigenvalue weighted by Crippen LogP contribution is -2.38. The summed E-state index contributed by atoms with van der Waals surface area (Å²) in [7, 11) is 2.11. The first-order chi connectivity index (χ1) is 24.8. The zero-order valence-electron chi connectivity index (χ0n) is 29.0. The SMILES string of the molecule is CC(NC(=O)c1ccn(-c2cc(OC(C)C3CCCN3C)nc(-c3noc4c3CCCC43CCc4ccc(N)c(C#N)c43)n2)n1)c1ccccn1. The van der Waals surface area contributed by atoms with Gasteiger partial charge in [0.2, 0.25) is 5.88 Å². The number of carbonyl (C=O) groups excluding carboxylic acids is 1. The van der Waals surface area contributed by atoms with Crippen LogP contribution in [-0.2, 0) is 18.3 Å². The van der Waals surface area contributed by atoms with Crippen molar-refractivity contribution in [3.63, 3.8) is 0 Å². The van der Waals surface area contributed by atoms with Crippen molar-refractivity contribution in [2.75, 3.05) is 19.3 Å². The molecule has 8 rings (SSSR count). The fourth-order valence-corrected chi connectivity index (χ4v) is 8.30. The van der Waals surface area contributed by atoms with Crippen LogP contribution >= 0.6 is 0 Å². The third kappa shape index (κ3) is 5.69. The van der Waals surface area contributed by atoms with E-state index in [2.05, 4.69) is 45.5 Å². The second kappa shape index (κ2) is 12.9. The lowest BCUT2D eigenvalue weighted by molar-refractivity contribution is 0.0933. The number of nitrogens with zero attached hydrogens (tertiary/aromatic N) is 8. The number of anilines is 1. The van der Waals surface area contributed by atoms with Gasteiger partial charge in [0.05, 0.1) is 22.7 Å². The normalized spacial score (nSPS) is 20.8. The molecule has 13 nitrogen and oxygen atoms in total. The van der Waals surface area contributed by atoms with Gasteiger partial charge in [-0.2, -0.15) is 15.3 Å². The molecule has 0 saturated carbocycles.